The molecule has 0 aliphatic carbocycles. The highest BCUT2D eigenvalue weighted by molar-refractivity contribution is 5.94. The topological polar surface area (TPSA) is 68.8 Å². The third kappa shape index (κ3) is 7.50. The Morgan fingerprint density at radius 1 is 1.21 bits per heavy atom. The van der Waals surface area contributed by atoms with Crippen LogP contribution in [0.25, 0.3) is 0 Å². The monoisotopic (exact) mass is 387 g/mol. The van der Waals surface area contributed by atoms with Gasteiger partial charge in [0.2, 0.25) is 0 Å². The van der Waals surface area contributed by atoms with Gasteiger partial charge in [-0.1, -0.05) is 19.1 Å². The number of likely N-dealkylation sites (tertiary alicyclic amines) is 1. The lowest BCUT2D eigenvalue weighted by molar-refractivity contribution is 0.0963. The average molecular weight is 388 g/mol. The minimum Gasteiger partial charge on any atom is -0.357 e. The largest absolute Gasteiger partial charge is 0.357 e. The summed E-state index contributed by atoms with van der Waals surface area (Å²) in [6.45, 7) is 10.5. The summed E-state index contributed by atoms with van der Waals surface area (Å²) in [5.41, 5.74) is 1.85. The van der Waals surface area contributed by atoms with E-state index in [9.17, 15) is 4.79 Å². The van der Waals surface area contributed by atoms with Crippen LogP contribution in [0.1, 0.15) is 49.0 Å². The predicted molar refractivity (Wildman–Crippen MR) is 117 cm³/mol. The van der Waals surface area contributed by atoms with Gasteiger partial charge in [-0.15, -0.1) is 0 Å². The number of nitrogens with one attached hydrogen (secondary N) is 3. The number of hydrogen-bond acceptors (Lipinski definition) is 3. The zero-order valence-corrected chi connectivity index (χ0v) is 17.8. The number of guanidine groups is 1. The number of amides is 1. The molecule has 1 fully saturated rings. The summed E-state index contributed by atoms with van der Waals surface area (Å²) in [6.07, 6.45) is 4.62. The van der Waals surface area contributed by atoms with Crippen molar-refractivity contribution in [3.63, 3.8) is 0 Å². The van der Waals surface area contributed by atoms with Gasteiger partial charge < -0.3 is 20.9 Å². The quantitative estimate of drug-likeness (QED) is 0.449. The molecule has 1 aromatic carbocycles. The maximum atomic E-state index is 11.8. The van der Waals surface area contributed by atoms with E-state index in [4.69, 9.17) is 4.99 Å². The van der Waals surface area contributed by atoms with Crippen LogP contribution in [0, 0.1) is 5.92 Å². The SMILES string of the molecule is CCNC(=NCCC1CCN(CC)CC1)NCCc1cccc(C(=O)NC)c1. The van der Waals surface area contributed by atoms with Gasteiger partial charge in [-0.2, -0.15) is 0 Å². The summed E-state index contributed by atoms with van der Waals surface area (Å²) in [5, 5.41) is 9.41. The molecule has 28 heavy (non-hydrogen) atoms. The summed E-state index contributed by atoms with van der Waals surface area (Å²) in [7, 11) is 1.66. The van der Waals surface area contributed by atoms with Crippen LogP contribution in [0.4, 0.5) is 0 Å². The van der Waals surface area contributed by atoms with Gasteiger partial charge in [0, 0.05) is 32.2 Å². The fourth-order valence-electron chi connectivity index (χ4n) is 3.63. The van der Waals surface area contributed by atoms with E-state index in [2.05, 4.69) is 40.8 Å². The molecule has 1 aliphatic rings. The second kappa shape index (κ2) is 12.4. The molecule has 6 nitrogen and oxygen atoms in total. The van der Waals surface area contributed by atoms with Crippen molar-refractivity contribution >= 4 is 11.9 Å². The Labute approximate surface area is 170 Å². The highest BCUT2D eigenvalue weighted by Gasteiger charge is 2.17. The molecule has 0 atom stereocenters. The van der Waals surface area contributed by atoms with Crippen LogP contribution in [-0.4, -0.2) is 63.1 Å². The maximum absolute atomic E-state index is 11.8. The molecule has 2 rings (SSSR count). The first-order valence-electron chi connectivity index (χ1n) is 10.7. The van der Waals surface area contributed by atoms with Crippen LogP contribution in [0.2, 0.25) is 0 Å². The Balaban J connectivity index is 1.76. The molecule has 1 aromatic rings. The van der Waals surface area contributed by atoms with Gasteiger partial charge in [0.1, 0.15) is 0 Å². The predicted octanol–water partition coefficient (Wildman–Crippen LogP) is 2.27. The number of carbonyl (C=O) groups is 1. The number of carbonyl (C=O) groups excluding carboxylic acids is 1. The molecule has 0 bridgehead atoms. The number of benzene rings is 1. The lowest BCUT2D eigenvalue weighted by Gasteiger charge is -2.30. The molecule has 0 radical (unpaired) electrons. The number of rotatable bonds is 9. The Morgan fingerprint density at radius 3 is 2.68 bits per heavy atom. The summed E-state index contributed by atoms with van der Waals surface area (Å²) in [5.74, 6) is 1.65. The molecule has 3 N–H and O–H groups in total. The summed E-state index contributed by atoms with van der Waals surface area (Å²) < 4.78 is 0. The van der Waals surface area contributed by atoms with Gasteiger partial charge in [0.05, 0.1) is 0 Å². The van der Waals surface area contributed by atoms with Crippen molar-refractivity contribution in [3.05, 3.63) is 35.4 Å². The van der Waals surface area contributed by atoms with Gasteiger partial charge in [0.15, 0.2) is 5.96 Å². The standard InChI is InChI=1S/C22H37N5O/c1-4-24-22(25-13-9-18-11-15-27(5-2)16-12-18)26-14-10-19-7-6-8-20(17-19)21(28)23-3/h6-8,17-18H,4-5,9-16H2,1-3H3,(H,23,28)(H2,24,25,26). The normalized spacial score (nSPS) is 16.0. The van der Waals surface area contributed by atoms with Crippen molar-refractivity contribution in [2.24, 2.45) is 10.9 Å². The van der Waals surface area contributed by atoms with E-state index in [0.29, 0.717) is 5.56 Å². The van der Waals surface area contributed by atoms with Gasteiger partial charge >= 0.3 is 0 Å². The van der Waals surface area contributed by atoms with Crippen molar-refractivity contribution in [3.8, 4) is 0 Å². The van der Waals surface area contributed by atoms with Crippen LogP contribution >= 0.6 is 0 Å². The molecule has 0 aromatic heterocycles. The first kappa shape index (κ1) is 22.2. The smallest absolute Gasteiger partial charge is 0.251 e. The third-order valence-corrected chi connectivity index (χ3v) is 5.43. The second-order valence-electron chi connectivity index (χ2n) is 7.38. The van der Waals surface area contributed by atoms with Gasteiger partial charge in [-0.05, 0) is 75.9 Å². The zero-order chi connectivity index (χ0) is 20.2. The summed E-state index contributed by atoms with van der Waals surface area (Å²) in [4.78, 5) is 19.0. The molecule has 1 aliphatic heterocycles. The Kier molecular flexibility index (Phi) is 9.83. The number of nitrogens with zero attached hydrogens (tertiary/aromatic N) is 2. The lowest BCUT2D eigenvalue weighted by Crippen LogP contribution is -2.38. The summed E-state index contributed by atoms with van der Waals surface area (Å²) in [6, 6.07) is 7.78. The minimum absolute atomic E-state index is 0.0468. The number of hydrogen-bond donors (Lipinski definition) is 3. The van der Waals surface area contributed by atoms with Crippen molar-refractivity contribution in [1.82, 2.24) is 20.9 Å². The van der Waals surface area contributed by atoms with E-state index in [1.54, 1.807) is 7.05 Å². The fourth-order valence-corrected chi connectivity index (χ4v) is 3.63. The molecule has 1 heterocycles. The summed E-state index contributed by atoms with van der Waals surface area (Å²) >= 11 is 0. The molecule has 1 saturated heterocycles. The minimum atomic E-state index is -0.0468. The van der Waals surface area contributed by atoms with E-state index in [1.807, 2.05) is 18.2 Å². The van der Waals surface area contributed by atoms with E-state index in [0.717, 1.165) is 43.5 Å². The van der Waals surface area contributed by atoms with Crippen LogP contribution in [-0.2, 0) is 6.42 Å². The fraction of sp³-hybridized carbons (Fsp3) is 0.636. The zero-order valence-electron chi connectivity index (χ0n) is 17.8. The van der Waals surface area contributed by atoms with Crippen LogP contribution in [0.3, 0.4) is 0 Å². The van der Waals surface area contributed by atoms with E-state index < -0.39 is 0 Å². The van der Waals surface area contributed by atoms with Crippen molar-refractivity contribution in [2.75, 3.05) is 46.3 Å². The molecule has 0 saturated carbocycles. The Hall–Kier alpha value is -2.08. The van der Waals surface area contributed by atoms with Gasteiger partial charge in [0.25, 0.3) is 5.91 Å². The van der Waals surface area contributed by atoms with Crippen molar-refractivity contribution in [1.29, 1.82) is 0 Å². The maximum Gasteiger partial charge on any atom is 0.251 e. The number of aliphatic imine (C=N–C) groups is 1. The van der Waals surface area contributed by atoms with E-state index in [1.165, 1.54) is 38.9 Å². The molecular formula is C22H37N5O. The van der Waals surface area contributed by atoms with Crippen molar-refractivity contribution in [2.45, 2.75) is 39.5 Å². The Morgan fingerprint density at radius 2 is 2.00 bits per heavy atom. The second-order valence-corrected chi connectivity index (χ2v) is 7.38. The van der Waals surface area contributed by atoms with Gasteiger partial charge in [-0.3, -0.25) is 9.79 Å². The molecule has 1 amide bonds. The molecule has 156 valence electrons. The lowest BCUT2D eigenvalue weighted by atomic mass is 9.94. The molecular weight excluding hydrogens is 350 g/mol. The van der Waals surface area contributed by atoms with Crippen LogP contribution in [0.15, 0.2) is 29.3 Å². The molecule has 6 heteroatoms. The van der Waals surface area contributed by atoms with Crippen LogP contribution < -0.4 is 16.0 Å². The van der Waals surface area contributed by atoms with Gasteiger partial charge in [-0.25, -0.2) is 0 Å². The average Bonchev–Trinajstić information content (AvgIpc) is 2.74. The first-order chi connectivity index (χ1) is 13.7. The first-order valence-corrected chi connectivity index (χ1v) is 10.7. The Bertz CT molecular complexity index is 623. The van der Waals surface area contributed by atoms with E-state index >= 15 is 0 Å². The molecule has 0 spiro atoms. The van der Waals surface area contributed by atoms with Crippen LogP contribution in [0.5, 0.6) is 0 Å². The highest BCUT2D eigenvalue weighted by Crippen LogP contribution is 2.20. The van der Waals surface area contributed by atoms with E-state index in [-0.39, 0.29) is 5.91 Å². The third-order valence-electron chi connectivity index (χ3n) is 5.43. The highest BCUT2D eigenvalue weighted by atomic mass is 16.1. The molecule has 0 unspecified atom stereocenters. The number of piperidine rings is 1. The van der Waals surface area contributed by atoms with Crippen molar-refractivity contribution < 1.29 is 4.79 Å².